The smallest absolute Gasteiger partial charge is 0.244 e. The molecule has 1 unspecified atom stereocenters. The number of sulfonamides is 1. The van der Waals surface area contributed by atoms with Crippen LogP contribution in [0.3, 0.4) is 0 Å². The fourth-order valence-electron chi connectivity index (χ4n) is 2.71. The van der Waals surface area contributed by atoms with Crippen molar-refractivity contribution in [2.45, 2.75) is 50.8 Å². The Morgan fingerprint density at radius 1 is 1.46 bits per heavy atom. The van der Waals surface area contributed by atoms with Gasteiger partial charge in [0.25, 0.3) is 0 Å². The second-order valence-electron chi connectivity index (χ2n) is 5.64. The van der Waals surface area contributed by atoms with Gasteiger partial charge in [-0.2, -0.15) is 5.10 Å². The molecule has 0 bridgehead atoms. The first kappa shape index (κ1) is 17.0. The van der Waals surface area contributed by atoms with E-state index in [1.54, 1.807) is 23.9 Å². The predicted molar refractivity (Wildman–Crippen MR) is 86.6 cm³/mol. The molecule has 1 atom stereocenters. The van der Waals surface area contributed by atoms with Crippen LogP contribution in [0.25, 0.3) is 0 Å². The predicted octanol–water partition coefficient (Wildman–Crippen LogP) is 1.33. The molecular weight excluding hydrogens is 330 g/mol. The van der Waals surface area contributed by atoms with Gasteiger partial charge in [-0.1, -0.05) is 0 Å². The summed E-state index contributed by atoms with van der Waals surface area (Å²) >= 11 is 0. The van der Waals surface area contributed by atoms with Gasteiger partial charge >= 0.3 is 0 Å². The zero-order valence-corrected chi connectivity index (χ0v) is 14.6. The van der Waals surface area contributed by atoms with Crippen LogP contribution in [0, 0.1) is 6.92 Å². The molecule has 1 fully saturated rings. The molecule has 2 aromatic rings. The minimum absolute atomic E-state index is 0.0911. The first-order valence-corrected chi connectivity index (χ1v) is 9.45. The molecule has 130 valence electrons. The van der Waals surface area contributed by atoms with E-state index in [-0.39, 0.29) is 17.5 Å². The minimum Gasteiger partial charge on any atom is -0.370 e. The Morgan fingerprint density at radius 3 is 2.96 bits per heavy atom. The lowest BCUT2D eigenvalue weighted by atomic mass is 10.2. The van der Waals surface area contributed by atoms with Gasteiger partial charge in [-0.15, -0.1) is 0 Å². The number of hydrogen-bond acceptors (Lipinski definition) is 6. The van der Waals surface area contributed by atoms with Crippen LogP contribution in [0.1, 0.15) is 43.1 Å². The van der Waals surface area contributed by atoms with Crippen molar-refractivity contribution >= 4 is 10.0 Å². The zero-order valence-electron chi connectivity index (χ0n) is 13.8. The summed E-state index contributed by atoms with van der Waals surface area (Å²) in [7, 11) is -3.64. The van der Waals surface area contributed by atoms with E-state index in [9.17, 15) is 8.42 Å². The van der Waals surface area contributed by atoms with Gasteiger partial charge in [0.05, 0.1) is 24.1 Å². The van der Waals surface area contributed by atoms with Gasteiger partial charge in [-0.05, 0) is 32.8 Å². The molecule has 0 saturated carbocycles. The zero-order chi connectivity index (χ0) is 17.2. The van der Waals surface area contributed by atoms with Crippen molar-refractivity contribution in [2.75, 3.05) is 6.61 Å². The van der Waals surface area contributed by atoms with Crippen LogP contribution in [0.2, 0.25) is 0 Å². The molecule has 2 aromatic heterocycles. The van der Waals surface area contributed by atoms with E-state index < -0.39 is 10.0 Å². The number of hydrogen-bond donors (Lipinski definition) is 1. The van der Waals surface area contributed by atoms with Gasteiger partial charge in [0, 0.05) is 19.3 Å². The third-order valence-electron chi connectivity index (χ3n) is 4.04. The summed E-state index contributed by atoms with van der Waals surface area (Å²) in [6.07, 6.45) is 4.80. The molecule has 1 aliphatic heterocycles. The molecule has 9 heteroatoms. The lowest BCUT2D eigenvalue weighted by molar-refractivity contribution is 0.105. The van der Waals surface area contributed by atoms with E-state index in [1.807, 2.05) is 6.92 Å². The molecule has 0 amide bonds. The first-order chi connectivity index (χ1) is 11.5. The lowest BCUT2D eigenvalue weighted by Gasteiger charge is -2.10. The summed E-state index contributed by atoms with van der Waals surface area (Å²) in [6, 6.07) is 1.70. The van der Waals surface area contributed by atoms with Gasteiger partial charge < -0.3 is 4.74 Å². The Morgan fingerprint density at radius 2 is 2.29 bits per heavy atom. The second-order valence-corrected chi connectivity index (χ2v) is 7.38. The fourth-order valence-corrected chi connectivity index (χ4v) is 3.88. The SMILES string of the molecule is CCn1ncc(S(=O)(=O)NCc2ccnc(C3CCCO3)n2)c1C. The first-order valence-electron chi connectivity index (χ1n) is 7.96. The highest BCUT2D eigenvalue weighted by atomic mass is 32.2. The van der Waals surface area contributed by atoms with Crippen LogP contribution < -0.4 is 4.72 Å². The third-order valence-corrected chi connectivity index (χ3v) is 5.54. The number of aryl methyl sites for hydroxylation is 1. The molecule has 8 nitrogen and oxygen atoms in total. The van der Waals surface area contributed by atoms with Crippen LogP contribution in [0.4, 0.5) is 0 Å². The highest BCUT2D eigenvalue weighted by Gasteiger charge is 2.22. The Hall–Kier alpha value is -1.84. The Labute approximate surface area is 141 Å². The van der Waals surface area contributed by atoms with Gasteiger partial charge in [0.2, 0.25) is 10.0 Å². The molecule has 0 spiro atoms. The summed E-state index contributed by atoms with van der Waals surface area (Å²) in [5.74, 6) is 0.610. The normalized spacial score (nSPS) is 18.2. The number of rotatable bonds is 6. The Kier molecular flexibility index (Phi) is 4.93. The Bertz CT molecular complexity index is 812. The van der Waals surface area contributed by atoms with E-state index in [0.29, 0.717) is 30.4 Å². The molecule has 0 radical (unpaired) electrons. The van der Waals surface area contributed by atoms with Crippen LogP contribution in [-0.2, 0) is 27.8 Å². The minimum atomic E-state index is -3.64. The lowest BCUT2D eigenvalue weighted by Crippen LogP contribution is -2.24. The van der Waals surface area contributed by atoms with E-state index in [2.05, 4.69) is 19.8 Å². The Balaban J connectivity index is 1.72. The largest absolute Gasteiger partial charge is 0.370 e. The molecule has 24 heavy (non-hydrogen) atoms. The molecule has 0 aromatic carbocycles. The molecule has 1 saturated heterocycles. The average molecular weight is 351 g/mol. The highest BCUT2D eigenvalue weighted by Crippen LogP contribution is 2.25. The maximum atomic E-state index is 12.5. The van der Waals surface area contributed by atoms with Crippen LogP contribution >= 0.6 is 0 Å². The standard InChI is InChI=1S/C15H21N5O3S/c1-3-20-11(2)14(10-17-20)24(21,22)18-9-12-6-7-16-15(19-12)13-5-4-8-23-13/h6-7,10,13,18H,3-5,8-9H2,1-2H3. The quantitative estimate of drug-likeness (QED) is 0.843. The van der Waals surface area contributed by atoms with E-state index in [0.717, 1.165) is 12.8 Å². The summed E-state index contributed by atoms with van der Waals surface area (Å²) in [6.45, 7) is 5.09. The van der Waals surface area contributed by atoms with Gasteiger partial charge in [-0.25, -0.2) is 23.1 Å². The summed E-state index contributed by atoms with van der Waals surface area (Å²) < 4.78 is 34.7. The topological polar surface area (TPSA) is 99.0 Å². The fraction of sp³-hybridized carbons (Fsp3) is 0.533. The van der Waals surface area contributed by atoms with Crippen molar-refractivity contribution in [3.8, 4) is 0 Å². The van der Waals surface area contributed by atoms with Gasteiger partial charge in [-0.3, -0.25) is 4.68 Å². The maximum absolute atomic E-state index is 12.5. The number of aromatic nitrogens is 4. The monoisotopic (exact) mass is 351 g/mol. The van der Waals surface area contributed by atoms with Crippen molar-refractivity contribution in [3.05, 3.63) is 35.7 Å². The molecule has 3 heterocycles. The molecule has 0 aliphatic carbocycles. The van der Waals surface area contributed by atoms with Gasteiger partial charge in [0.15, 0.2) is 5.82 Å². The summed E-state index contributed by atoms with van der Waals surface area (Å²) in [5.41, 5.74) is 1.23. The number of nitrogens with zero attached hydrogens (tertiary/aromatic N) is 4. The van der Waals surface area contributed by atoms with Crippen molar-refractivity contribution in [3.63, 3.8) is 0 Å². The van der Waals surface area contributed by atoms with Crippen LogP contribution in [0.5, 0.6) is 0 Å². The van der Waals surface area contributed by atoms with Crippen molar-refractivity contribution < 1.29 is 13.2 Å². The van der Waals surface area contributed by atoms with Crippen molar-refractivity contribution in [1.29, 1.82) is 0 Å². The van der Waals surface area contributed by atoms with E-state index >= 15 is 0 Å². The van der Waals surface area contributed by atoms with Crippen molar-refractivity contribution in [2.24, 2.45) is 0 Å². The van der Waals surface area contributed by atoms with E-state index in [1.165, 1.54) is 6.20 Å². The third kappa shape index (κ3) is 3.47. The highest BCUT2D eigenvalue weighted by molar-refractivity contribution is 7.89. The second kappa shape index (κ2) is 6.96. The maximum Gasteiger partial charge on any atom is 0.244 e. The molecular formula is C15H21N5O3S. The van der Waals surface area contributed by atoms with Crippen LogP contribution in [-0.4, -0.2) is 34.8 Å². The molecule has 3 rings (SSSR count). The summed E-state index contributed by atoms with van der Waals surface area (Å²) in [4.78, 5) is 8.83. The summed E-state index contributed by atoms with van der Waals surface area (Å²) in [5, 5.41) is 4.08. The van der Waals surface area contributed by atoms with Crippen LogP contribution in [0.15, 0.2) is 23.4 Å². The van der Waals surface area contributed by atoms with Gasteiger partial charge in [0.1, 0.15) is 11.0 Å². The molecule has 1 N–H and O–H groups in total. The van der Waals surface area contributed by atoms with Crippen molar-refractivity contribution in [1.82, 2.24) is 24.5 Å². The number of ether oxygens (including phenoxy) is 1. The average Bonchev–Trinajstić information content (AvgIpc) is 3.23. The molecule has 1 aliphatic rings. The van der Waals surface area contributed by atoms with E-state index in [4.69, 9.17) is 4.74 Å². The number of nitrogens with one attached hydrogen (secondary N) is 1.